The molecule has 6 heteroatoms. The molecule has 5 nitrogen and oxygen atoms in total. The van der Waals surface area contributed by atoms with Gasteiger partial charge >= 0.3 is 5.97 Å². The molecule has 1 saturated carbocycles. The van der Waals surface area contributed by atoms with E-state index in [-0.39, 0.29) is 0 Å². The average molecular weight is 427 g/mol. The molecule has 0 heterocycles. The van der Waals surface area contributed by atoms with Crippen molar-refractivity contribution in [3.8, 4) is 0 Å². The number of carboxylic acids is 1. The van der Waals surface area contributed by atoms with Crippen molar-refractivity contribution in [1.29, 1.82) is 0 Å². The average Bonchev–Trinajstić information content (AvgIpc) is 2.63. The van der Waals surface area contributed by atoms with Gasteiger partial charge in [0.2, 0.25) is 0 Å². The first kappa shape index (κ1) is 21.2. The molecule has 1 fully saturated rings. The molecule has 0 bridgehead atoms. The van der Waals surface area contributed by atoms with Gasteiger partial charge in [-0.2, -0.15) is 0 Å². The summed E-state index contributed by atoms with van der Waals surface area (Å²) in [6, 6.07) is 4.82. The molecule has 1 aliphatic rings. The Hall–Kier alpha value is -1.11. The first-order chi connectivity index (χ1) is 12.4. The summed E-state index contributed by atoms with van der Waals surface area (Å²) in [7, 11) is 3.93. The minimum Gasteiger partial charge on any atom is -0.478 e. The molecule has 26 heavy (non-hydrogen) atoms. The van der Waals surface area contributed by atoms with Gasteiger partial charge in [0.1, 0.15) is 0 Å². The summed E-state index contributed by atoms with van der Waals surface area (Å²) in [6.07, 6.45) is 4.59. The van der Waals surface area contributed by atoms with Crippen molar-refractivity contribution in [3.63, 3.8) is 0 Å². The molecule has 0 amide bonds. The molecule has 1 aliphatic carbocycles. The third kappa shape index (κ3) is 4.99. The Bertz CT molecular complexity index is 615. The number of anilines is 1. The number of rotatable bonds is 8. The Kier molecular flexibility index (Phi) is 7.92. The number of carboxylic acid groups (broad SMARTS) is 1. The number of methoxy groups -OCH3 is 1. The minimum absolute atomic E-state index is 0.376. The number of benzene rings is 1. The fourth-order valence-electron chi connectivity index (χ4n) is 4.04. The number of hydrogen-bond donors (Lipinski definition) is 1. The van der Waals surface area contributed by atoms with Gasteiger partial charge in [-0.3, -0.25) is 0 Å². The van der Waals surface area contributed by atoms with Crippen LogP contribution in [0.25, 0.3) is 0 Å². The molecule has 2 rings (SSSR count). The smallest absolute Gasteiger partial charge is 0.336 e. The van der Waals surface area contributed by atoms with Crippen LogP contribution < -0.4 is 4.90 Å². The Morgan fingerprint density at radius 3 is 2.42 bits per heavy atom. The van der Waals surface area contributed by atoms with Gasteiger partial charge in [-0.1, -0.05) is 15.9 Å². The highest BCUT2D eigenvalue weighted by Gasteiger charge is 2.28. The normalized spacial score (nSPS) is 20.4. The summed E-state index contributed by atoms with van der Waals surface area (Å²) in [5, 5.41) is 9.49. The first-order valence-electron chi connectivity index (χ1n) is 9.38. The zero-order chi connectivity index (χ0) is 19.3. The van der Waals surface area contributed by atoms with Gasteiger partial charge in [0, 0.05) is 42.4 Å². The number of ether oxygens (including phenoxy) is 1. The number of likely N-dealkylation sites (N-methyl/N-ethyl adjacent to an activating group) is 1. The maximum atomic E-state index is 11.6. The maximum Gasteiger partial charge on any atom is 0.336 e. The Balaban J connectivity index is 2.12. The quantitative estimate of drug-likeness (QED) is 0.675. The van der Waals surface area contributed by atoms with Crippen LogP contribution in [0.15, 0.2) is 16.6 Å². The van der Waals surface area contributed by atoms with Crippen molar-refractivity contribution >= 4 is 27.6 Å². The van der Waals surface area contributed by atoms with Crippen molar-refractivity contribution < 1.29 is 14.6 Å². The predicted molar refractivity (Wildman–Crippen MR) is 109 cm³/mol. The third-order valence-corrected chi connectivity index (χ3v) is 6.06. The molecule has 0 aromatic heterocycles. The lowest BCUT2D eigenvalue weighted by atomic mass is 9.88. The number of carbonyl (C=O) groups is 1. The summed E-state index contributed by atoms with van der Waals surface area (Å²) < 4.78 is 6.01. The molecular weight excluding hydrogens is 396 g/mol. The van der Waals surface area contributed by atoms with E-state index in [4.69, 9.17) is 4.74 Å². The van der Waals surface area contributed by atoms with Gasteiger partial charge in [0.15, 0.2) is 0 Å². The lowest BCUT2D eigenvalue weighted by molar-refractivity contribution is 0.0696. The van der Waals surface area contributed by atoms with Crippen LogP contribution >= 0.6 is 15.9 Å². The van der Waals surface area contributed by atoms with Gasteiger partial charge in [-0.05, 0) is 64.3 Å². The molecular formula is C20H31BrN2O3. The van der Waals surface area contributed by atoms with Gasteiger partial charge in [-0.25, -0.2) is 4.79 Å². The van der Waals surface area contributed by atoms with Crippen LogP contribution in [0.2, 0.25) is 0 Å². The molecule has 0 saturated heterocycles. The van der Waals surface area contributed by atoms with Gasteiger partial charge in [-0.15, -0.1) is 0 Å². The molecule has 1 N–H and O–H groups in total. The predicted octanol–water partition coefficient (Wildman–Crippen LogP) is 4.17. The Labute approximate surface area is 165 Å². The largest absolute Gasteiger partial charge is 0.478 e. The summed E-state index contributed by atoms with van der Waals surface area (Å²) in [5.74, 6) is -0.871. The summed E-state index contributed by atoms with van der Waals surface area (Å²) in [5.41, 5.74) is 2.26. The first-order valence-corrected chi connectivity index (χ1v) is 10.2. The van der Waals surface area contributed by atoms with Crippen LogP contribution in [0, 0.1) is 6.92 Å². The third-order valence-electron chi connectivity index (χ3n) is 5.60. The highest BCUT2D eigenvalue weighted by Crippen LogP contribution is 2.34. The highest BCUT2D eigenvalue weighted by atomic mass is 79.9. The summed E-state index contributed by atoms with van der Waals surface area (Å²) in [4.78, 5) is 16.4. The van der Waals surface area contributed by atoms with E-state index in [1.807, 2.05) is 6.92 Å². The molecule has 146 valence electrons. The fourth-order valence-corrected chi connectivity index (χ4v) is 4.48. The van der Waals surface area contributed by atoms with E-state index < -0.39 is 5.97 Å². The summed E-state index contributed by atoms with van der Waals surface area (Å²) >= 11 is 3.48. The minimum atomic E-state index is -0.871. The monoisotopic (exact) mass is 426 g/mol. The van der Waals surface area contributed by atoms with E-state index in [2.05, 4.69) is 45.8 Å². The molecule has 0 atom stereocenters. The lowest BCUT2D eigenvalue weighted by Crippen LogP contribution is -2.44. The van der Waals surface area contributed by atoms with Crippen molar-refractivity contribution in [3.05, 3.63) is 27.7 Å². The number of aromatic carboxylic acids is 1. The van der Waals surface area contributed by atoms with E-state index in [0.717, 1.165) is 48.3 Å². The topological polar surface area (TPSA) is 53.0 Å². The molecule has 0 radical (unpaired) electrons. The fraction of sp³-hybridized carbons (Fsp3) is 0.650. The summed E-state index contributed by atoms with van der Waals surface area (Å²) in [6.45, 7) is 6.68. The van der Waals surface area contributed by atoms with Crippen molar-refractivity contribution in [2.75, 3.05) is 38.8 Å². The standard InChI is InChI=1S/C20H31BrN2O3/c1-5-23(19-13-15(21)12-18(14(19)2)20(24)25)17-8-6-16(7-9-17)22(3)10-11-26-4/h12-13,16-17H,5-11H2,1-4H3,(H,24,25). The molecule has 1 aromatic carbocycles. The van der Waals surface area contributed by atoms with Gasteiger partial charge in [0.25, 0.3) is 0 Å². The Morgan fingerprint density at radius 2 is 1.88 bits per heavy atom. The van der Waals surface area contributed by atoms with Crippen LogP contribution in [-0.4, -0.2) is 61.9 Å². The zero-order valence-electron chi connectivity index (χ0n) is 16.3. The van der Waals surface area contributed by atoms with Crippen LogP contribution in [0.5, 0.6) is 0 Å². The second kappa shape index (κ2) is 9.72. The second-order valence-electron chi connectivity index (χ2n) is 7.12. The molecule has 0 spiro atoms. The molecule has 0 aliphatic heterocycles. The lowest BCUT2D eigenvalue weighted by Gasteiger charge is -2.41. The maximum absolute atomic E-state index is 11.6. The number of halogens is 1. The van der Waals surface area contributed by atoms with E-state index in [1.165, 1.54) is 12.8 Å². The molecule has 1 aromatic rings. The Morgan fingerprint density at radius 1 is 1.27 bits per heavy atom. The number of hydrogen-bond acceptors (Lipinski definition) is 4. The van der Waals surface area contributed by atoms with E-state index in [0.29, 0.717) is 17.6 Å². The van der Waals surface area contributed by atoms with Crippen molar-refractivity contribution in [2.24, 2.45) is 0 Å². The van der Waals surface area contributed by atoms with Crippen molar-refractivity contribution in [2.45, 2.75) is 51.6 Å². The van der Waals surface area contributed by atoms with Crippen LogP contribution in [0.4, 0.5) is 5.69 Å². The van der Waals surface area contributed by atoms with Crippen LogP contribution in [-0.2, 0) is 4.74 Å². The van der Waals surface area contributed by atoms with E-state index in [1.54, 1.807) is 13.2 Å². The van der Waals surface area contributed by atoms with Crippen LogP contribution in [0.3, 0.4) is 0 Å². The molecule has 0 unspecified atom stereocenters. The second-order valence-corrected chi connectivity index (χ2v) is 8.04. The van der Waals surface area contributed by atoms with E-state index in [9.17, 15) is 9.90 Å². The van der Waals surface area contributed by atoms with Gasteiger partial charge < -0.3 is 19.6 Å². The number of nitrogens with zero attached hydrogens (tertiary/aromatic N) is 2. The van der Waals surface area contributed by atoms with E-state index >= 15 is 0 Å². The van der Waals surface area contributed by atoms with Crippen LogP contribution in [0.1, 0.15) is 48.5 Å². The van der Waals surface area contributed by atoms with Crippen molar-refractivity contribution in [1.82, 2.24) is 4.90 Å². The zero-order valence-corrected chi connectivity index (χ0v) is 17.9. The highest BCUT2D eigenvalue weighted by molar-refractivity contribution is 9.10. The van der Waals surface area contributed by atoms with Gasteiger partial charge in [0.05, 0.1) is 12.2 Å². The SMILES string of the molecule is CCN(c1cc(Br)cc(C(=O)O)c1C)C1CCC(N(C)CCOC)CC1.